The number of carboxylic acid groups (broad SMARTS) is 1. The molecule has 5 nitrogen and oxygen atoms in total. The van der Waals surface area contributed by atoms with Crippen molar-refractivity contribution < 1.29 is 23.8 Å². The number of hydrogen-bond donors (Lipinski definition) is 2. The number of rotatable bonds is 8. The molecule has 1 atom stereocenters. The number of amides is 1. The van der Waals surface area contributed by atoms with E-state index in [9.17, 15) is 19.1 Å². The van der Waals surface area contributed by atoms with Crippen LogP contribution in [0.2, 0.25) is 0 Å². The smallest absolute Gasteiger partial charge is 0.407 e. The number of alkyl halides is 1. The van der Waals surface area contributed by atoms with Gasteiger partial charge >= 0.3 is 12.1 Å². The molecule has 0 saturated carbocycles. The van der Waals surface area contributed by atoms with Gasteiger partial charge in [-0.15, -0.1) is 0 Å². The van der Waals surface area contributed by atoms with E-state index in [-0.39, 0.29) is 19.4 Å². The highest BCUT2D eigenvalue weighted by atomic mass is 19.1. The maximum atomic E-state index is 12.3. The topological polar surface area (TPSA) is 75.6 Å². The standard InChI is InChI=1S/C14H26FNO4/c1-5-7-14(11(17)18,8-6-9-15)10-16-12(19)20-13(2,3)4/h5-10H2,1-4H3,(H,16,19)(H,17,18). The summed E-state index contributed by atoms with van der Waals surface area (Å²) in [6.07, 6.45) is 0.747. The van der Waals surface area contributed by atoms with Crippen molar-refractivity contribution in [2.24, 2.45) is 5.41 Å². The predicted molar refractivity (Wildman–Crippen MR) is 74.4 cm³/mol. The molecule has 0 spiro atoms. The van der Waals surface area contributed by atoms with Crippen molar-refractivity contribution in [2.45, 2.75) is 59.0 Å². The summed E-state index contributed by atoms with van der Waals surface area (Å²) < 4.78 is 17.4. The molecule has 0 aliphatic heterocycles. The first-order valence-electron chi connectivity index (χ1n) is 6.93. The largest absolute Gasteiger partial charge is 0.481 e. The Morgan fingerprint density at radius 3 is 2.25 bits per heavy atom. The van der Waals surface area contributed by atoms with Crippen LogP contribution in [0.1, 0.15) is 53.4 Å². The average molecular weight is 291 g/mol. The van der Waals surface area contributed by atoms with Crippen molar-refractivity contribution in [3.63, 3.8) is 0 Å². The molecule has 0 heterocycles. The fourth-order valence-corrected chi connectivity index (χ4v) is 2.03. The van der Waals surface area contributed by atoms with Gasteiger partial charge in [0.15, 0.2) is 0 Å². The lowest BCUT2D eigenvalue weighted by Crippen LogP contribution is -2.44. The molecule has 0 aliphatic carbocycles. The molecular weight excluding hydrogens is 265 g/mol. The second-order valence-electron chi connectivity index (χ2n) is 5.98. The summed E-state index contributed by atoms with van der Waals surface area (Å²) in [6, 6.07) is 0. The Balaban J connectivity index is 4.71. The van der Waals surface area contributed by atoms with Gasteiger partial charge in [-0.05, 0) is 40.0 Å². The minimum atomic E-state index is -1.13. The van der Waals surface area contributed by atoms with Gasteiger partial charge in [0.05, 0.1) is 12.1 Å². The molecule has 0 aromatic carbocycles. The number of hydrogen-bond acceptors (Lipinski definition) is 3. The Morgan fingerprint density at radius 2 is 1.85 bits per heavy atom. The van der Waals surface area contributed by atoms with Crippen molar-refractivity contribution in [3.8, 4) is 0 Å². The van der Waals surface area contributed by atoms with Crippen LogP contribution in [0.3, 0.4) is 0 Å². The average Bonchev–Trinajstić information content (AvgIpc) is 2.30. The van der Waals surface area contributed by atoms with Gasteiger partial charge in [0.25, 0.3) is 0 Å². The Labute approximate surface area is 119 Å². The Hall–Kier alpha value is -1.33. The number of halogens is 1. The van der Waals surface area contributed by atoms with E-state index in [1.54, 1.807) is 20.8 Å². The third-order valence-electron chi connectivity index (χ3n) is 2.94. The minimum Gasteiger partial charge on any atom is -0.481 e. The zero-order chi connectivity index (χ0) is 15.8. The van der Waals surface area contributed by atoms with Crippen molar-refractivity contribution in [2.75, 3.05) is 13.2 Å². The second kappa shape index (κ2) is 8.07. The molecule has 0 rings (SSSR count). The van der Waals surface area contributed by atoms with Crippen LogP contribution in [0, 0.1) is 5.41 Å². The summed E-state index contributed by atoms with van der Waals surface area (Å²) in [5.41, 5.74) is -1.77. The van der Waals surface area contributed by atoms with E-state index < -0.39 is 29.8 Å². The Morgan fingerprint density at radius 1 is 1.25 bits per heavy atom. The SMILES string of the molecule is CCCC(CCCF)(CNC(=O)OC(C)(C)C)C(=O)O. The van der Waals surface area contributed by atoms with Gasteiger partial charge in [-0.1, -0.05) is 13.3 Å². The number of aliphatic carboxylic acids is 1. The number of ether oxygens (including phenoxy) is 1. The monoisotopic (exact) mass is 291 g/mol. The van der Waals surface area contributed by atoms with Crippen molar-refractivity contribution in [1.82, 2.24) is 5.32 Å². The van der Waals surface area contributed by atoms with E-state index in [0.29, 0.717) is 12.8 Å². The van der Waals surface area contributed by atoms with Gasteiger partial charge in [-0.2, -0.15) is 0 Å². The zero-order valence-electron chi connectivity index (χ0n) is 12.8. The lowest BCUT2D eigenvalue weighted by molar-refractivity contribution is -0.149. The zero-order valence-corrected chi connectivity index (χ0v) is 12.8. The van der Waals surface area contributed by atoms with Crippen LogP contribution in [0.4, 0.5) is 9.18 Å². The maximum Gasteiger partial charge on any atom is 0.407 e. The summed E-state index contributed by atoms with van der Waals surface area (Å²) in [6.45, 7) is 6.43. The highest BCUT2D eigenvalue weighted by Crippen LogP contribution is 2.30. The first kappa shape index (κ1) is 18.7. The van der Waals surface area contributed by atoms with E-state index in [1.807, 2.05) is 6.92 Å². The van der Waals surface area contributed by atoms with Crippen LogP contribution < -0.4 is 5.32 Å². The summed E-state index contributed by atoms with van der Waals surface area (Å²) in [5.74, 6) is -1.01. The Kier molecular flexibility index (Phi) is 7.53. The summed E-state index contributed by atoms with van der Waals surface area (Å²) in [4.78, 5) is 23.1. The predicted octanol–water partition coefficient (Wildman–Crippen LogP) is 3.13. The third-order valence-corrected chi connectivity index (χ3v) is 2.94. The normalized spacial score (nSPS) is 14.4. The van der Waals surface area contributed by atoms with Crippen molar-refractivity contribution in [1.29, 1.82) is 0 Å². The van der Waals surface area contributed by atoms with E-state index in [0.717, 1.165) is 0 Å². The van der Waals surface area contributed by atoms with Gasteiger partial charge in [-0.3, -0.25) is 9.18 Å². The van der Waals surface area contributed by atoms with E-state index in [1.165, 1.54) is 0 Å². The van der Waals surface area contributed by atoms with E-state index in [2.05, 4.69) is 5.32 Å². The van der Waals surface area contributed by atoms with Gasteiger partial charge in [-0.25, -0.2) is 4.79 Å². The molecule has 0 aromatic heterocycles. The highest BCUT2D eigenvalue weighted by molar-refractivity contribution is 5.76. The van der Waals surface area contributed by atoms with Crippen LogP contribution in [0.15, 0.2) is 0 Å². The molecule has 0 aromatic rings. The third kappa shape index (κ3) is 6.73. The van der Waals surface area contributed by atoms with Gasteiger partial charge in [0.1, 0.15) is 5.60 Å². The molecule has 6 heteroatoms. The number of carboxylic acids is 1. The Bertz CT molecular complexity index is 328. The van der Waals surface area contributed by atoms with Gasteiger partial charge < -0.3 is 15.2 Å². The molecule has 0 saturated heterocycles. The molecule has 20 heavy (non-hydrogen) atoms. The van der Waals surface area contributed by atoms with Crippen LogP contribution >= 0.6 is 0 Å². The number of nitrogens with one attached hydrogen (secondary N) is 1. The first-order chi connectivity index (χ1) is 9.17. The van der Waals surface area contributed by atoms with Crippen LogP contribution in [-0.2, 0) is 9.53 Å². The van der Waals surface area contributed by atoms with Crippen LogP contribution in [-0.4, -0.2) is 36.0 Å². The van der Waals surface area contributed by atoms with Crippen molar-refractivity contribution in [3.05, 3.63) is 0 Å². The number of carbonyl (C=O) groups excluding carboxylic acids is 1. The minimum absolute atomic E-state index is 0.0505. The molecule has 118 valence electrons. The molecule has 2 N–H and O–H groups in total. The van der Waals surface area contributed by atoms with Gasteiger partial charge in [0, 0.05) is 6.54 Å². The summed E-state index contributed by atoms with van der Waals surface area (Å²) in [5, 5.41) is 11.9. The van der Waals surface area contributed by atoms with E-state index in [4.69, 9.17) is 4.74 Å². The quantitative estimate of drug-likeness (QED) is 0.720. The molecule has 1 amide bonds. The van der Waals surface area contributed by atoms with E-state index >= 15 is 0 Å². The summed E-state index contributed by atoms with van der Waals surface area (Å²) >= 11 is 0. The van der Waals surface area contributed by atoms with Crippen LogP contribution in [0.5, 0.6) is 0 Å². The summed E-state index contributed by atoms with van der Waals surface area (Å²) in [7, 11) is 0. The molecular formula is C14H26FNO4. The molecule has 0 aliphatic rings. The fourth-order valence-electron chi connectivity index (χ4n) is 2.03. The van der Waals surface area contributed by atoms with Crippen LogP contribution in [0.25, 0.3) is 0 Å². The number of carbonyl (C=O) groups is 2. The lowest BCUT2D eigenvalue weighted by atomic mass is 9.79. The molecule has 0 radical (unpaired) electrons. The second-order valence-corrected chi connectivity index (χ2v) is 5.98. The number of alkyl carbamates (subject to hydrolysis) is 1. The van der Waals surface area contributed by atoms with Crippen molar-refractivity contribution >= 4 is 12.1 Å². The maximum absolute atomic E-state index is 12.3. The molecule has 0 bridgehead atoms. The first-order valence-corrected chi connectivity index (χ1v) is 6.93. The fraction of sp³-hybridized carbons (Fsp3) is 0.857. The van der Waals surface area contributed by atoms with Gasteiger partial charge in [0.2, 0.25) is 0 Å². The molecule has 0 fully saturated rings. The highest BCUT2D eigenvalue weighted by Gasteiger charge is 2.37. The lowest BCUT2D eigenvalue weighted by Gasteiger charge is -2.30. The molecule has 1 unspecified atom stereocenters.